The minimum absolute atomic E-state index is 0.0186. The van der Waals surface area contributed by atoms with Gasteiger partial charge in [-0.2, -0.15) is 4.31 Å². The third-order valence-electron chi connectivity index (χ3n) is 3.54. The molecule has 0 amide bonds. The molecule has 7 nitrogen and oxygen atoms in total. The summed E-state index contributed by atoms with van der Waals surface area (Å²) in [5.74, 6) is 0.0186. The van der Waals surface area contributed by atoms with E-state index < -0.39 is 14.9 Å². The normalized spacial score (nSPS) is 11.5. The van der Waals surface area contributed by atoms with Crippen molar-refractivity contribution < 1.29 is 18.1 Å². The van der Waals surface area contributed by atoms with E-state index in [0.717, 1.165) is 11.6 Å². The number of rotatable bonds is 7. The number of nitro benzene ring substituents is 1. The molecule has 0 saturated heterocycles. The largest absolute Gasteiger partial charge is 0.490 e. The highest BCUT2D eigenvalue weighted by molar-refractivity contribution is 7.89. The molecule has 0 aliphatic carbocycles. The van der Waals surface area contributed by atoms with Crippen molar-refractivity contribution in [1.29, 1.82) is 0 Å². The lowest BCUT2D eigenvalue weighted by Crippen LogP contribution is -2.30. The van der Waals surface area contributed by atoms with Crippen LogP contribution in [0.5, 0.6) is 5.75 Å². The molecule has 2 aromatic carbocycles. The monoisotopic (exact) mass is 350 g/mol. The number of benzene rings is 2. The Morgan fingerprint density at radius 1 is 1.17 bits per heavy atom. The molecule has 0 aromatic heterocycles. The predicted molar refractivity (Wildman–Crippen MR) is 89.4 cm³/mol. The van der Waals surface area contributed by atoms with E-state index in [1.165, 1.54) is 23.5 Å². The van der Waals surface area contributed by atoms with Crippen LogP contribution in [0.25, 0.3) is 0 Å². The molecule has 0 radical (unpaired) electrons. The summed E-state index contributed by atoms with van der Waals surface area (Å²) in [6, 6.07) is 12.8. The minimum atomic E-state index is -3.86. The highest BCUT2D eigenvalue weighted by Gasteiger charge is 2.27. The summed E-state index contributed by atoms with van der Waals surface area (Å²) in [5, 5.41) is 11.1. The topological polar surface area (TPSA) is 89.8 Å². The predicted octanol–water partition coefficient (Wildman–Crippen LogP) is 2.81. The standard InChI is InChI=1S/C16H18N2O5S/c1-3-17(12-13-7-5-4-6-8-13)24(21,22)14-9-10-16(23-2)15(11-14)18(19)20/h4-11H,3,12H2,1-2H3. The fraction of sp³-hybridized carbons (Fsp3) is 0.250. The summed E-state index contributed by atoms with van der Waals surface area (Å²) in [6.07, 6.45) is 0. The van der Waals surface area contributed by atoms with Crippen molar-refractivity contribution in [3.8, 4) is 5.75 Å². The Hall–Kier alpha value is -2.45. The molecule has 0 fully saturated rings. The lowest BCUT2D eigenvalue weighted by molar-refractivity contribution is -0.386. The van der Waals surface area contributed by atoms with Crippen molar-refractivity contribution in [3.63, 3.8) is 0 Å². The molecular weight excluding hydrogens is 332 g/mol. The lowest BCUT2D eigenvalue weighted by Gasteiger charge is -2.20. The van der Waals surface area contributed by atoms with Gasteiger partial charge in [-0.3, -0.25) is 10.1 Å². The highest BCUT2D eigenvalue weighted by Crippen LogP contribution is 2.30. The van der Waals surface area contributed by atoms with Crippen LogP contribution in [-0.4, -0.2) is 31.3 Å². The summed E-state index contributed by atoms with van der Waals surface area (Å²) in [7, 11) is -2.56. The van der Waals surface area contributed by atoms with E-state index in [-0.39, 0.29) is 29.4 Å². The summed E-state index contributed by atoms with van der Waals surface area (Å²) < 4.78 is 31.8. The lowest BCUT2D eigenvalue weighted by atomic mass is 10.2. The smallest absolute Gasteiger partial charge is 0.312 e. The van der Waals surface area contributed by atoms with Crippen molar-refractivity contribution in [3.05, 3.63) is 64.2 Å². The molecule has 2 aromatic rings. The number of hydrogen-bond acceptors (Lipinski definition) is 5. The van der Waals surface area contributed by atoms with Crippen LogP contribution in [0.4, 0.5) is 5.69 Å². The molecular formula is C16H18N2O5S. The van der Waals surface area contributed by atoms with Gasteiger partial charge in [0.25, 0.3) is 0 Å². The SMILES string of the molecule is CCN(Cc1ccccc1)S(=O)(=O)c1ccc(OC)c([N+](=O)[O-])c1. The van der Waals surface area contributed by atoms with Gasteiger partial charge in [-0.1, -0.05) is 37.3 Å². The van der Waals surface area contributed by atoms with Gasteiger partial charge in [0.05, 0.1) is 16.9 Å². The van der Waals surface area contributed by atoms with Gasteiger partial charge in [-0.25, -0.2) is 8.42 Å². The molecule has 0 bridgehead atoms. The molecule has 24 heavy (non-hydrogen) atoms. The van der Waals surface area contributed by atoms with E-state index in [2.05, 4.69) is 0 Å². The van der Waals surface area contributed by atoms with Crippen LogP contribution in [0.1, 0.15) is 12.5 Å². The van der Waals surface area contributed by atoms with Crippen LogP contribution in [0.2, 0.25) is 0 Å². The first-order chi connectivity index (χ1) is 11.4. The van der Waals surface area contributed by atoms with Gasteiger partial charge < -0.3 is 4.74 Å². The first-order valence-electron chi connectivity index (χ1n) is 7.26. The van der Waals surface area contributed by atoms with Crippen LogP contribution in [0, 0.1) is 10.1 Å². The van der Waals surface area contributed by atoms with Crippen LogP contribution in [-0.2, 0) is 16.6 Å². The van der Waals surface area contributed by atoms with Crippen LogP contribution >= 0.6 is 0 Å². The van der Waals surface area contributed by atoms with E-state index in [9.17, 15) is 18.5 Å². The van der Waals surface area contributed by atoms with Crippen LogP contribution in [0.15, 0.2) is 53.4 Å². The van der Waals surface area contributed by atoms with E-state index in [1.807, 2.05) is 30.3 Å². The van der Waals surface area contributed by atoms with E-state index in [4.69, 9.17) is 4.74 Å². The molecule has 0 atom stereocenters. The number of sulfonamides is 1. The number of nitro groups is 1. The van der Waals surface area contributed by atoms with Gasteiger partial charge in [0, 0.05) is 19.2 Å². The Labute approximate surface area is 140 Å². The second-order valence-electron chi connectivity index (χ2n) is 5.01. The zero-order chi connectivity index (χ0) is 17.7. The fourth-order valence-corrected chi connectivity index (χ4v) is 3.73. The molecule has 0 N–H and O–H groups in total. The molecule has 0 unspecified atom stereocenters. The van der Waals surface area contributed by atoms with E-state index >= 15 is 0 Å². The molecule has 128 valence electrons. The van der Waals surface area contributed by atoms with Crippen molar-refractivity contribution in [1.82, 2.24) is 4.31 Å². The van der Waals surface area contributed by atoms with Gasteiger partial charge in [0.1, 0.15) is 0 Å². The first-order valence-corrected chi connectivity index (χ1v) is 8.70. The Morgan fingerprint density at radius 2 is 1.83 bits per heavy atom. The molecule has 0 spiro atoms. The Bertz CT molecular complexity index is 822. The fourth-order valence-electron chi connectivity index (χ4n) is 2.28. The minimum Gasteiger partial charge on any atom is -0.490 e. The van der Waals surface area contributed by atoms with Crippen LogP contribution < -0.4 is 4.74 Å². The summed E-state index contributed by atoms with van der Waals surface area (Å²) in [4.78, 5) is 10.3. The maximum Gasteiger partial charge on any atom is 0.312 e. The number of methoxy groups -OCH3 is 1. The summed E-state index contributed by atoms with van der Waals surface area (Å²) in [5.41, 5.74) is 0.459. The average molecular weight is 350 g/mol. The van der Waals surface area contributed by atoms with Crippen molar-refractivity contribution >= 4 is 15.7 Å². The zero-order valence-electron chi connectivity index (χ0n) is 13.4. The van der Waals surface area contributed by atoms with Crippen LogP contribution in [0.3, 0.4) is 0 Å². The molecule has 0 heterocycles. The Balaban J connectivity index is 2.41. The van der Waals surface area contributed by atoms with E-state index in [0.29, 0.717) is 0 Å². The van der Waals surface area contributed by atoms with Crippen molar-refractivity contribution in [2.24, 2.45) is 0 Å². The van der Waals surface area contributed by atoms with Gasteiger partial charge in [-0.05, 0) is 17.7 Å². The molecule has 2 rings (SSSR count). The summed E-state index contributed by atoms with van der Waals surface area (Å²) in [6.45, 7) is 2.16. The average Bonchev–Trinajstić information content (AvgIpc) is 2.59. The summed E-state index contributed by atoms with van der Waals surface area (Å²) >= 11 is 0. The van der Waals surface area contributed by atoms with E-state index in [1.54, 1.807) is 6.92 Å². The molecule has 0 saturated carbocycles. The molecule has 8 heteroatoms. The van der Waals surface area contributed by atoms with Gasteiger partial charge in [0.2, 0.25) is 10.0 Å². The van der Waals surface area contributed by atoms with Gasteiger partial charge in [-0.15, -0.1) is 0 Å². The van der Waals surface area contributed by atoms with Crippen molar-refractivity contribution in [2.75, 3.05) is 13.7 Å². The van der Waals surface area contributed by atoms with Gasteiger partial charge >= 0.3 is 5.69 Å². The molecule has 0 aliphatic heterocycles. The number of hydrogen-bond donors (Lipinski definition) is 0. The second-order valence-corrected chi connectivity index (χ2v) is 6.95. The first kappa shape index (κ1) is 17.9. The Morgan fingerprint density at radius 3 is 2.38 bits per heavy atom. The molecule has 0 aliphatic rings. The van der Waals surface area contributed by atoms with Gasteiger partial charge in [0.15, 0.2) is 5.75 Å². The quantitative estimate of drug-likeness (QED) is 0.566. The second kappa shape index (κ2) is 7.41. The highest BCUT2D eigenvalue weighted by atomic mass is 32.2. The third-order valence-corrected chi connectivity index (χ3v) is 5.46. The maximum absolute atomic E-state index is 12.8. The maximum atomic E-state index is 12.8. The van der Waals surface area contributed by atoms with Crippen molar-refractivity contribution in [2.45, 2.75) is 18.4 Å². The number of nitrogens with zero attached hydrogens (tertiary/aromatic N) is 2. The Kier molecular flexibility index (Phi) is 5.53. The third kappa shape index (κ3) is 3.72. The zero-order valence-corrected chi connectivity index (χ0v) is 14.2. The number of ether oxygens (including phenoxy) is 1.